The molecule has 0 atom stereocenters. The van der Waals surface area contributed by atoms with Crippen LogP contribution in [0.2, 0.25) is 0 Å². The SMILES string of the molecule is CCNC(=NCCCCN1CCN(CC)CC1)N1CCN(c2ccccc2F)CC1. The quantitative estimate of drug-likeness (QED) is 0.398. The molecule has 0 bridgehead atoms. The summed E-state index contributed by atoms with van der Waals surface area (Å²) < 4.78 is 14.1. The van der Waals surface area contributed by atoms with E-state index in [0.717, 1.165) is 51.6 Å². The topological polar surface area (TPSA) is 37.4 Å². The summed E-state index contributed by atoms with van der Waals surface area (Å²) in [5.41, 5.74) is 0.707. The monoisotopic (exact) mass is 418 g/mol. The number of hydrogen-bond acceptors (Lipinski definition) is 4. The Balaban J connectivity index is 1.40. The molecule has 6 nitrogen and oxygen atoms in total. The van der Waals surface area contributed by atoms with Crippen molar-refractivity contribution in [1.82, 2.24) is 20.0 Å². The van der Waals surface area contributed by atoms with Crippen molar-refractivity contribution < 1.29 is 4.39 Å². The summed E-state index contributed by atoms with van der Waals surface area (Å²) in [6.07, 6.45) is 2.33. The Morgan fingerprint density at radius 2 is 1.63 bits per heavy atom. The molecule has 0 amide bonds. The maximum atomic E-state index is 14.1. The molecular formula is C23H39FN6. The van der Waals surface area contributed by atoms with Crippen LogP contribution in [0.1, 0.15) is 26.7 Å². The first kappa shape index (κ1) is 22.8. The van der Waals surface area contributed by atoms with Crippen molar-refractivity contribution >= 4 is 11.6 Å². The second-order valence-corrected chi connectivity index (χ2v) is 8.14. The molecule has 0 unspecified atom stereocenters. The number of guanidine groups is 1. The van der Waals surface area contributed by atoms with Crippen LogP contribution in [0.25, 0.3) is 0 Å². The van der Waals surface area contributed by atoms with Gasteiger partial charge in [0.25, 0.3) is 0 Å². The maximum absolute atomic E-state index is 14.1. The molecule has 1 aromatic rings. The molecule has 0 saturated carbocycles. The minimum Gasteiger partial charge on any atom is -0.366 e. The summed E-state index contributed by atoms with van der Waals surface area (Å²) >= 11 is 0. The molecule has 2 fully saturated rings. The molecule has 2 aliphatic rings. The zero-order chi connectivity index (χ0) is 21.2. The highest BCUT2D eigenvalue weighted by Crippen LogP contribution is 2.20. The number of rotatable bonds is 8. The summed E-state index contributed by atoms with van der Waals surface area (Å²) in [6.45, 7) is 16.6. The molecule has 30 heavy (non-hydrogen) atoms. The van der Waals surface area contributed by atoms with E-state index in [1.54, 1.807) is 6.07 Å². The third-order valence-electron chi connectivity index (χ3n) is 6.16. The van der Waals surface area contributed by atoms with E-state index in [2.05, 4.69) is 38.8 Å². The molecule has 3 rings (SSSR count). The van der Waals surface area contributed by atoms with Crippen LogP contribution in [-0.4, -0.2) is 99.2 Å². The van der Waals surface area contributed by atoms with Crippen LogP contribution < -0.4 is 10.2 Å². The van der Waals surface area contributed by atoms with Gasteiger partial charge in [0, 0.05) is 65.4 Å². The van der Waals surface area contributed by atoms with Gasteiger partial charge in [-0.05, 0) is 45.0 Å². The summed E-state index contributed by atoms with van der Waals surface area (Å²) in [4.78, 5) is 14.4. The average Bonchev–Trinajstić information content (AvgIpc) is 2.79. The highest BCUT2D eigenvalue weighted by molar-refractivity contribution is 5.80. The van der Waals surface area contributed by atoms with Gasteiger partial charge in [-0.2, -0.15) is 0 Å². The van der Waals surface area contributed by atoms with E-state index < -0.39 is 0 Å². The second-order valence-electron chi connectivity index (χ2n) is 8.14. The largest absolute Gasteiger partial charge is 0.366 e. The highest BCUT2D eigenvalue weighted by Gasteiger charge is 2.21. The predicted octanol–water partition coefficient (Wildman–Crippen LogP) is 2.33. The van der Waals surface area contributed by atoms with Crippen LogP contribution in [0.3, 0.4) is 0 Å². The lowest BCUT2D eigenvalue weighted by atomic mass is 10.2. The van der Waals surface area contributed by atoms with Crippen LogP contribution in [-0.2, 0) is 0 Å². The lowest BCUT2D eigenvalue weighted by Crippen LogP contribution is -2.52. The number of piperazine rings is 2. The third kappa shape index (κ3) is 6.57. The first-order valence-corrected chi connectivity index (χ1v) is 11.7. The van der Waals surface area contributed by atoms with Crippen molar-refractivity contribution in [3.8, 4) is 0 Å². The predicted molar refractivity (Wildman–Crippen MR) is 124 cm³/mol. The summed E-state index contributed by atoms with van der Waals surface area (Å²) in [7, 11) is 0. The van der Waals surface area contributed by atoms with Gasteiger partial charge in [0.1, 0.15) is 5.82 Å². The lowest BCUT2D eigenvalue weighted by molar-refractivity contribution is 0.136. The third-order valence-corrected chi connectivity index (χ3v) is 6.16. The van der Waals surface area contributed by atoms with Crippen molar-refractivity contribution in [1.29, 1.82) is 0 Å². The molecule has 2 saturated heterocycles. The fraction of sp³-hybridized carbons (Fsp3) is 0.696. The minimum absolute atomic E-state index is 0.136. The van der Waals surface area contributed by atoms with Gasteiger partial charge in [-0.3, -0.25) is 4.99 Å². The van der Waals surface area contributed by atoms with Crippen molar-refractivity contribution in [3.63, 3.8) is 0 Å². The Kier molecular flexibility index (Phi) is 9.21. The maximum Gasteiger partial charge on any atom is 0.194 e. The van der Waals surface area contributed by atoms with Gasteiger partial charge in [0.05, 0.1) is 5.69 Å². The molecule has 7 heteroatoms. The fourth-order valence-corrected chi connectivity index (χ4v) is 4.25. The van der Waals surface area contributed by atoms with E-state index >= 15 is 0 Å². The van der Waals surface area contributed by atoms with Crippen LogP contribution in [0.5, 0.6) is 0 Å². The molecule has 168 valence electrons. The van der Waals surface area contributed by atoms with Crippen molar-refractivity contribution in [2.24, 2.45) is 4.99 Å². The van der Waals surface area contributed by atoms with Gasteiger partial charge in [0.2, 0.25) is 0 Å². The molecular weight excluding hydrogens is 379 g/mol. The Morgan fingerprint density at radius 1 is 0.933 bits per heavy atom. The zero-order valence-corrected chi connectivity index (χ0v) is 18.8. The number of anilines is 1. The van der Waals surface area contributed by atoms with E-state index in [-0.39, 0.29) is 5.82 Å². The first-order chi connectivity index (χ1) is 14.7. The first-order valence-electron chi connectivity index (χ1n) is 11.7. The van der Waals surface area contributed by atoms with Crippen LogP contribution >= 0.6 is 0 Å². The molecule has 2 aliphatic heterocycles. The standard InChI is InChI=1S/C23H39FN6/c1-3-25-23(26-11-7-8-12-28-15-13-27(4-2)14-16-28)30-19-17-29(18-20-30)22-10-6-5-9-21(22)24/h5-6,9-10H,3-4,7-8,11-20H2,1-2H3,(H,25,26). The van der Waals surface area contributed by atoms with Crippen LogP contribution in [0.4, 0.5) is 10.1 Å². The number of unbranched alkanes of at least 4 members (excludes halogenated alkanes) is 1. The number of aliphatic imine (C=N–C) groups is 1. The molecule has 0 spiro atoms. The van der Waals surface area contributed by atoms with Gasteiger partial charge in [-0.1, -0.05) is 19.1 Å². The molecule has 2 heterocycles. The van der Waals surface area contributed by atoms with Gasteiger partial charge in [-0.25, -0.2) is 4.39 Å². The van der Waals surface area contributed by atoms with E-state index in [0.29, 0.717) is 5.69 Å². The fourth-order valence-electron chi connectivity index (χ4n) is 4.25. The van der Waals surface area contributed by atoms with Gasteiger partial charge < -0.3 is 24.9 Å². The highest BCUT2D eigenvalue weighted by atomic mass is 19.1. The normalized spacial score (nSPS) is 19.4. The number of nitrogens with one attached hydrogen (secondary N) is 1. The number of halogens is 1. The number of benzene rings is 1. The van der Waals surface area contributed by atoms with Gasteiger partial charge in [-0.15, -0.1) is 0 Å². The van der Waals surface area contributed by atoms with Crippen molar-refractivity contribution in [2.45, 2.75) is 26.7 Å². The number of nitrogens with zero attached hydrogens (tertiary/aromatic N) is 5. The lowest BCUT2D eigenvalue weighted by Gasteiger charge is -2.37. The minimum atomic E-state index is -0.136. The van der Waals surface area contributed by atoms with Gasteiger partial charge >= 0.3 is 0 Å². The number of hydrogen-bond donors (Lipinski definition) is 1. The summed E-state index contributed by atoms with van der Waals surface area (Å²) in [6, 6.07) is 7.06. The number of para-hydroxylation sites is 1. The Labute approximate surface area is 181 Å². The Morgan fingerprint density at radius 3 is 2.30 bits per heavy atom. The molecule has 0 aliphatic carbocycles. The van der Waals surface area contributed by atoms with E-state index in [4.69, 9.17) is 4.99 Å². The van der Waals surface area contributed by atoms with Crippen molar-refractivity contribution in [2.75, 3.05) is 83.4 Å². The number of likely N-dealkylation sites (N-methyl/N-ethyl adjacent to an activating group) is 1. The van der Waals surface area contributed by atoms with E-state index in [1.165, 1.54) is 51.8 Å². The smallest absolute Gasteiger partial charge is 0.194 e. The zero-order valence-electron chi connectivity index (χ0n) is 18.8. The molecule has 1 aromatic carbocycles. The Hall–Kier alpha value is -1.86. The van der Waals surface area contributed by atoms with Gasteiger partial charge in [0.15, 0.2) is 5.96 Å². The average molecular weight is 419 g/mol. The summed E-state index contributed by atoms with van der Waals surface area (Å²) in [5, 5.41) is 3.44. The van der Waals surface area contributed by atoms with Crippen LogP contribution in [0, 0.1) is 5.82 Å². The summed E-state index contributed by atoms with van der Waals surface area (Å²) in [5.74, 6) is 0.866. The van der Waals surface area contributed by atoms with Crippen LogP contribution in [0.15, 0.2) is 29.3 Å². The molecule has 0 radical (unpaired) electrons. The molecule has 1 N–H and O–H groups in total. The Bertz CT molecular complexity index is 651. The van der Waals surface area contributed by atoms with E-state index in [1.807, 2.05) is 12.1 Å². The second kappa shape index (κ2) is 12.1. The molecule has 0 aromatic heterocycles. The van der Waals surface area contributed by atoms with Crippen molar-refractivity contribution in [3.05, 3.63) is 30.1 Å². The van der Waals surface area contributed by atoms with E-state index in [9.17, 15) is 4.39 Å².